The van der Waals surface area contributed by atoms with E-state index in [2.05, 4.69) is 6.92 Å². The molecule has 1 aliphatic rings. The normalized spacial score (nSPS) is 22.3. The predicted octanol–water partition coefficient (Wildman–Crippen LogP) is 2.48. The van der Waals surface area contributed by atoms with Gasteiger partial charge in [0.2, 0.25) is 0 Å². The zero-order valence-corrected chi connectivity index (χ0v) is 12.0. The first-order valence-corrected chi connectivity index (χ1v) is 7.00. The van der Waals surface area contributed by atoms with Gasteiger partial charge >= 0.3 is 0 Å². The first kappa shape index (κ1) is 14.1. The number of hydrogen-bond acceptors (Lipinski definition) is 2. The number of hydrogen-bond donors (Lipinski definition) is 1. The Labute approximate surface area is 115 Å². The number of carbonyl (C=O) groups is 1. The fourth-order valence-electron chi connectivity index (χ4n) is 2.58. The maximum Gasteiger partial charge on any atom is 0.253 e. The topological polar surface area (TPSA) is 40.5 Å². The van der Waals surface area contributed by atoms with Crippen LogP contribution in [0.25, 0.3) is 0 Å². The number of piperidine rings is 1. The summed E-state index contributed by atoms with van der Waals surface area (Å²) in [7, 11) is 0. The van der Waals surface area contributed by atoms with Gasteiger partial charge in [0.15, 0.2) is 0 Å². The molecule has 0 bridgehead atoms. The number of carbonyl (C=O) groups excluding carboxylic acids is 1. The molecule has 0 saturated carbocycles. The lowest BCUT2D eigenvalue weighted by atomic mass is 9.81. The molecule has 3 nitrogen and oxygen atoms in total. The van der Waals surface area contributed by atoms with Crippen LogP contribution in [0, 0.1) is 5.41 Å². The van der Waals surface area contributed by atoms with Gasteiger partial charge in [-0.05, 0) is 30.5 Å². The molecule has 0 spiro atoms. The highest BCUT2D eigenvalue weighted by atomic mass is 16.3. The molecule has 1 saturated heterocycles. The molecule has 1 aromatic rings. The van der Waals surface area contributed by atoms with Crippen molar-refractivity contribution in [1.82, 2.24) is 4.90 Å². The van der Waals surface area contributed by atoms with Crippen molar-refractivity contribution in [3.05, 3.63) is 35.4 Å². The number of nitrogens with zero attached hydrogens (tertiary/aromatic N) is 1. The summed E-state index contributed by atoms with van der Waals surface area (Å²) in [6.07, 6.45) is 1.32. The van der Waals surface area contributed by atoms with Gasteiger partial charge in [-0.25, -0.2) is 0 Å². The fourth-order valence-corrected chi connectivity index (χ4v) is 2.58. The van der Waals surface area contributed by atoms with E-state index >= 15 is 0 Å². The van der Waals surface area contributed by atoms with Crippen molar-refractivity contribution in [2.75, 3.05) is 13.1 Å². The van der Waals surface area contributed by atoms with E-state index in [1.54, 1.807) is 0 Å². The monoisotopic (exact) mass is 261 g/mol. The molecule has 1 amide bonds. The maximum atomic E-state index is 12.4. The molecule has 1 fully saturated rings. The molecule has 3 heteroatoms. The van der Waals surface area contributed by atoms with Gasteiger partial charge in [-0.2, -0.15) is 0 Å². The number of aliphatic hydroxyl groups excluding tert-OH is 1. The molecule has 0 aliphatic carbocycles. The second-order valence-corrected chi connectivity index (χ2v) is 6.07. The van der Waals surface area contributed by atoms with Crippen LogP contribution >= 0.6 is 0 Å². The van der Waals surface area contributed by atoms with Crippen molar-refractivity contribution in [2.24, 2.45) is 5.41 Å². The van der Waals surface area contributed by atoms with Gasteiger partial charge in [0, 0.05) is 24.1 Å². The number of aliphatic hydroxyl groups is 1. The van der Waals surface area contributed by atoms with Crippen LogP contribution in [0.4, 0.5) is 0 Å². The zero-order chi connectivity index (χ0) is 14.0. The van der Waals surface area contributed by atoms with Gasteiger partial charge in [-0.3, -0.25) is 4.79 Å². The van der Waals surface area contributed by atoms with Crippen LogP contribution in [0.15, 0.2) is 24.3 Å². The third-order valence-corrected chi connectivity index (χ3v) is 4.07. The van der Waals surface area contributed by atoms with E-state index in [9.17, 15) is 9.90 Å². The van der Waals surface area contributed by atoms with Gasteiger partial charge in [-0.1, -0.05) is 32.9 Å². The minimum Gasteiger partial charge on any atom is -0.392 e. The standard InChI is InChI=1S/C16H23NO2/c1-4-12-5-7-13(8-6-12)15(19)17-10-9-14(18)16(2,3)11-17/h5-8,14,18H,4,9-11H2,1-3H3. The van der Waals surface area contributed by atoms with E-state index in [0.29, 0.717) is 19.5 Å². The van der Waals surface area contributed by atoms with Crippen molar-refractivity contribution < 1.29 is 9.90 Å². The second kappa shape index (κ2) is 5.33. The van der Waals surface area contributed by atoms with Crippen LogP contribution in [-0.4, -0.2) is 35.1 Å². The minimum atomic E-state index is -0.320. The largest absolute Gasteiger partial charge is 0.392 e. The van der Waals surface area contributed by atoms with Crippen LogP contribution < -0.4 is 0 Å². The molecule has 19 heavy (non-hydrogen) atoms. The Kier molecular flexibility index (Phi) is 3.95. The van der Waals surface area contributed by atoms with Gasteiger partial charge in [0.25, 0.3) is 5.91 Å². The Bertz CT molecular complexity index is 450. The van der Waals surface area contributed by atoms with E-state index in [4.69, 9.17) is 0 Å². The van der Waals surface area contributed by atoms with Crippen molar-refractivity contribution in [1.29, 1.82) is 0 Å². The van der Waals surface area contributed by atoms with Crippen molar-refractivity contribution in [3.63, 3.8) is 0 Å². The van der Waals surface area contributed by atoms with Crippen LogP contribution in [-0.2, 0) is 6.42 Å². The molecule has 104 valence electrons. The summed E-state index contributed by atoms with van der Waals surface area (Å²) >= 11 is 0. The van der Waals surface area contributed by atoms with Crippen molar-refractivity contribution >= 4 is 5.91 Å². The summed E-state index contributed by atoms with van der Waals surface area (Å²) in [5.74, 6) is 0.0719. The number of amides is 1. The molecule has 1 unspecified atom stereocenters. The molecule has 0 radical (unpaired) electrons. The van der Waals surface area contributed by atoms with Crippen LogP contribution in [0.5, 0.6) is 0 Å². The Morgan fingerprint density at radius 3 is 2.53 bits per heavy atom. The van der Waals surface area contributed by atoms with Crippen LogP contribution in [0.1, 0.15) is 43.1 Å². The SMILES string of the molecule is CCc1ccc(C(=O)N2CCC(O)C(C)(C)C2)cc1. The first-order chi connectivity index (χ1) is 8.94. The lowest BCUT2D eigenvalue weighted by molar-refractivity contribution is -0.0182. The smallest absolute Gasteiger partial charge is 0.253 e. The van der Waals surface area contributed by atoms with E-state index in [1.165, 1.54) is 5.56 Å². The summed E-state index contributed by atoms with van der Waals surface area (Å²) in [5.41, 5.74) is 1.76. The zero-order valence-electron chi connectivity index (χ0n) is 12.0. The highest BCUT2D eigenvalue weighted by Crippen LogP contribution is 2.29. The highest BCUT2D eigenvalue weighted by molar-refractivity contribution is 5.94. The lowest BCUT2D eigenvalue weighted by Gasteiger charge is -2.41. The molecule has 0 aromatic heterocycles. The molecule has 1 aromatic carbocycles. The van der Waals surface area contributed by atoms with Gasteiger partial charge < -0.3 is 10.0 Å². The minimum absolute atomic E-state index is 0.0719. The third kappa shape index (κ3) is 2.98. The first-order valence-electron chi connectivity index (χ1n) is 7.00. The Balaban J connectivity index is 2.11. The molecule has 1 atom stereocenters. The number of aryl methyl sites for hydroxylation is 1. The quantitative estimate of drug-likeness (QED) is 0.888. The van der Waals surface area contributed by atoms with Crippen molar-refractivity contribution in [2.45, 2.75) is 39.7 Å². The molecular formula is C16H23NO2. The molecule has 1 aliphatic heterocycles. The molecule has 1 heterocycles. The van der Waals surface area contributed by atoms with Gasteiger partial charge in [-0.15, -0.1) is 0 Å². The summed E-state index contributed by atoms with van der Waals surface area (Å²) in [6.45, 7) is 7.38. The maximum absolute atomic E-state index is 12.4. The highest BCUT2D eigenvalue weighted by Gasteiger charge is 2.36. The average molecular weight is 261 g/mol. The average Bonchev–Trinajstić information content (AvgIpc) is 2.41. The van der Waals surface area contributed by atoms with Gasteiger partial charge in [0.05, 0.1) is 6.10 Å². The number of rotatable bonds is 2. The van der Waals surface area contributed by atoms with E-state index in [0.717, 1.165) is 12.0 Å². The Morgan fingerprint density at radius 2 is 2.00 bits per heavy atom. The summed E-state index contributed by atoms with van der Waals surface area (Å²) < 4.78 is 0. The summed E-state index contributed by atoms with van der Waals surface area (Å²) in [6, 6.07) is 7.83. The van der Waals surface area contributed by atoms with E-state index in [1.807, 2.05) is 43.0 Å². The third-order valence-electron chi connectivity index (χ3n) is 4.07. The summed E-state index contributed by atoms with van der Waals surface area (Å²) in [4.78, 5) is 14.3. The molecule has 2 rings (SSSR count). The number of benzene rings is 1. The van der Waals surface area contributed by atoms with Crippen LogP contribution in [0.2, 0.25) is 0 Å². The summed E-state index contributed by atoms with van der Waals surface area (Å²) in [5, 5.41) is 9.94. The van der Waals surface area contributed by atoms with Gasteiger partial charge in [0.1, 0.15) is 0 Å². The predicted molar refractivity (Wildman–Crippen MR) is 76.1 cm³/mol. The van der Waals surface area contributed by atoms with E-state index < -0.39 is 0 Å². The lowest BCUT2D eigenvalue weighted by Crippen LogP contribution is -2.50. The molecule has 1 N–H and O–H groups in total. The Morgan fingerprint density at radius 1 is 1.37 bits per heavy atom. The Hall–Kier alpha value is -1.35. The fraction of sp³-hybridized carbons (Fsp3) is 0.562. The second-order valence-electron chi connectivity index (χ2n) is 6.07. The molecular weight excluding hydrogens is 238 g/mol. The number of likely N-dealkylation sites (tertiary alicyclic amines) is 1. The van der Waals surface area contributed by atoms with Crippen LogP contribution in [0.3, 0.4) is 0 Å². The van der Waals surface area contributed by atoms with Crippen molar-refractivity contribution in [3.8, 4) is 0 Å². The van der Waals surface area contributed by atoms with E-state index in [-0.39, 0.29) is 17.4 Å².